The fourth-order valence-corrected chi connectivity index (χ4v) is 2.77. The maximum atomic E-state index is 12.7. The molecular weight excluding hydrogens is 344 g/mol. The molecule has 0 aliphatic carbocycles. The van der Waals surface area contributed by atoms with Gasteiger partial charge in [0.1, 0.15) is 11.5 Å². The quantitative estimate of drug-likeness (QED) is 0.639. The Bertz CT molecular complexity index is 638. The van der Waals surface area contributed by atoms with Gasteiger partial charge in [0.05, 0.1) is 24.8 Å². The molecule has 1 aromatic rings. The van der Waals surface area contributed by atoms with Crippen molar-refractivity contribution in [2.24, 2.45) is 0 Å². The van der Waals surface area contributed by atoms with E-state index in [4.69, 9.17) is 14.2 Å². The normalized spacial score (nSPS) is 20.2. The maximum Gasteiger partial charge on any atom is 0.407 e. The molecule has 1 aromatic carbocycles. The largest absolute Gasteiger partial charge is 0.497 e. The zero-order valence-electron chi connectivity index (χ0n) is 14.8. The highest BCUT2D eigenvalue weighted by atomic mass is 16.7. The molecule has 1 saturated heterocycles. The number of likely N-dealkylation sites (tertiary alicyclic amines) is 1. The van der Waals surface area contributed by atoms with Gasteiger partial charge < -0.3 is 34.6 Å². The Morgan fingerprint density at radius 3 is 2.77 bits per heavy atom. The third-order valence-corrected chi connectivity index (χ3v) is 4.16. The number of aliphatic hydroxyl groups excluding tert-OH is 1. The number of ether oxygens (including phenoxy) is 3. The van der Waals surface area contributed by atoms with Gasteiger partial charge >= 0.3 is 6.09 Å². The Hall–Kier alpha value is -2.52. The summed E-state index contributed by atoms with van der Waals surface area (Å²) in [6.45, 7) is 0.298. The fourth-order valence-electron chi connectivity index (χ4n) is 2.77. The third-order valence-electron chi connectivity index (χ3n) is 4.16. The first-order valence-electron chi connectivity index (χ1n) is 8.22. The molecule has 0 bridgehead atoms. The first kappa shape index (κ1) is 19.8. The zero-order valence-corrected chi connectivity index (χ0v) is 14.8. The number of aliphatic hydroxyl groups is 1. The lowest BCUT2D eigenvalue weighted by Gasteiger charge is -2.25. The van der Waals surface area contributed by atoms with E-state index in [9.17, 15) is 19.8 Å². The van der Waals surface area contributed by atoms with Crippen LogP contribution in [0.15, 0.2) is 18.2 Å². The maximum absolute atomic E-state index is 12.7. The predicted molar refractivity (Wildman–Crippen MR) is 91.6 cm³/mol. The Balaban J connectivity index is 2.19. The summed E-state index contributed by atoms with van der Waals surface area (Å²) in [5, 5.41) is 22.2. The number of carboxylic acid groups (broad SMARTS) is 1. The molecule has 144 valence electrons. The average molecular weight is 368 g/mol. The second-order valence-electron chi connectivity index (χ2n) is 5.93. The summed E-state index contributed by atoms with van der Waals surface area (Å²) in [5.41, 5.74) is 0.208. The molecule has 2 amide bonds. The highest BCUT2D eigenvalue weighted by Crippen LogP contribution is 2.25. The molecule has 26 heavy (non-hydrogen) atoms. The Kier molecular flexibility index (Phi) is 7.05. The van der Waals surface area contributed by atoms with Crippen molar-refractivity contribution in [2.75, 3.05) is 34.1 Å². The lowest BCUT2D eigenvalue weighted by atomic mass is 10.1. The van der Waals surface area contributed by atoms with Crippen LogP contribution in [0.4, 0.5) is 4.79 Å². The second-order valence-corrected chi connectivity index (χ2v) is 5.93. The first-order valence-corrected chi connectivity index (χ1v) is 8.22. The van der Waals surface area contributed by atoms with Crippen molar-refractivity contribution in [3.05, 3.63) is 23.8 Å². The molecule has 3 N–H and O–H groups in total. The van der Waals surface area contributed by atoms with Crippen LogP contribution in [0.5, 0.6) is 11.5 Å². The van der Waals surface area contributed by atoms with E-state index in [1.54, 1.807) is 12.1 Å². The van der Waals surface area contributed by atoms with Crippen molar-refractivity contribution in [3.63, 3.8) is 0 Å². The van der Waals surface area contributed by atoms with Gasteiger partial charge in [-0.15, -0.1) is 0 Å². The van der Waals surface area contributed by atoms with E-state index in [1.807, 2.05) is 0 Å². The molecule has 1 heterocycles. The zero-order chi connectivity index (χ0) is 19.1. The predicted octanol–water partition coefficient (Wildman–Crippen LogP) is 0.911. The first-order chi connectivity index (χ1) is 12.5. The molecule has 0 aromatic heterocycles. The van der Waals surface area contributed by atoms with Crippen LogP contribution in [0.2, 0.25) is 0 Å². The van der Waals surface area contributed by atoms with Crippen LogP contribution in [-0.4, -0.2) is 73.4 Å². The molecule has 9 heteroatoms. The number of nitrogens with zero attached hydrogens (tertiary/aromatic N) is 1. The summed E-state index contributed by atoms with van der Waals surface area (Å²) in [6.07, 6.45) is -0.984. The number of rotatable bonds is 6. The summed E-state index contributed by atoms with van der Waals surface area (Å²) in [7, 11) is 2.94. The monoisotopic (exact) mass is 368 g/mol. The van der Waals surface area contributed by atoms with Crippen molar-refractivity contribution in [3.8, 4) is 11.5 Å². The third kappa shape index (κ3) is 4.99. The number of hydrogen-bond acceptors (Lipinski definition) is 6. The van der Waals surface area contributed by atoms with Crippen LogP contribution < -0.4 is 14.8 Å². The van der Waals surface area contributed by atoms with Crippen molar-refractivity contribution in [2.45, 2.75) is 25.0 Å². The van der Waals surface area contributed by atoms with E-state index in [2.05, 4.69) is 5.32 Å². The van der Waals surface area contributed by atoms with E-state index < -0.39 is 24.1 Å². The molecule has 2 atom stereocenters. The molecule has 0 radical (unpaired) electrons. The highest BCUT2D eigenvalue weighted by Gasteiger charge is 2.30. The minimum Gasteiger partial charge on any atom is -0.497 e. The lowest BCUT2D eigenvalue weighted by molar-refractivity contribution is 0.0496. The number of methoxy groups -OCH3 is 2. The minimum absolute atomic E-state index is 0.0144. The number of amides is 2. The van der Waals surface area contributed by atoms with Crippen LogP contribution in [0.1, 0.15) is 23.2 Å². The van der Waals surface area contributed by atoms with Gasteiger partial charge in [-0.1, -0.05) is 0 Å². The van der Waals surface area contributed by atoms with Gasteiger partial charge in [0.2, 0.25) is 0 Å². The van der Waals surface area contributed by atoms with E-state index >= 15 is 0 Å². The lowest BCUT2D eigenvalue weighted by Crippen LogP contribution is -2.49. The van der Waals surface area contributed by atoms with Gasteiger partial charge in [-0.25, -0.2) is 4.79 Å². The van der Waals surface area contributed by atoms with E-state index in [0.29, 0.717) is 30.9 Å². The fraction of sp³-hybridized carbons (Fsp3) is 0.529. The van der Waals surface area contributed by atoms with Gasteiger partial charge in [0, 0.05) is 20.2 Å². The van der Waals surface area contributed by atoms with Crippen LogP contribution in [-0.2, 0) is 4.74 Å². The number of carbonyl (C=O) groups excluding carboxylic acids is 1. The van der Waals surface area contributed by atoms with Crippen LogP contribution in [0.3, 0.4) is 0 Å². The Morgan fingerprint density at radius 2 is 2.12 bits per heavy atom. The van der Waals surface area contributed by atoms with Gasteiger partial charge in [-0.3, -0.25) is 4.79 Å². The summed E-state index contributed by atoms with van der Waals surface area (Å²) in [5.74, 6) is 0.267. The summed E-state index contributed by atoms with van der Waals surface area (Å²) in [4.78, 5) is 25.2. The molecule has 1 aliphatic rings. The molecular formula is C17H24N2O7. The van der Waals surface area contributed by atoms with Gasteiger partial charge in [0.15, 0.2) is 6.79 Å². The minimum atomic E-state index is -1.08. The molecule has 0 saturated carbocycles. The van der Waals surface area contributed by atoms with Gasteiger partial charge in [0.25, 0.3) is 5.91 Å². The van der Waals surface area contributed by atoms with Crippen LogP contribution >= 0.6 is 0 Å². The van der Waals surface area contributed by atoms with Crippen molar-refractivity contribution in [1.29, 1.82) is 0 Å². The topological polar surface area (TPSA) is 118 Å². The van der Waals surface area contributed by atoms with E-state index in [1.165, 1.54) is 25.2 Å². The van der Waals surface area contributed by atoms with Crippen molar-refractivity contribution in [1.82, 2.24) is 10.2 Å². The molecule has 1 fully saturated rings. The summed E-state index contributed by atoms with van der Waals surface area (Å²) < 4.78 is 15.4. The number of hydrogen-bond donors (Lipinski definition) is 3. The van der Waals surface area contributed by atoms with Crippen molar-refractivity contribution < 1.29 is 34.0 Å². The van der Waals surface area contributed by atoms with E-state index in [0.717, 1.165) is 0 Å². The van der Waals surface area contributed by atoms with Crippen molar-refractivity contribution >= 4 is 12.0 Å². The number of carbonyl (C=O) groups is 2. The van der Waals surface area contributed by atoms with E-state index in [-0.39, 0.29) is 18.9 Å². The van der Waals surface area contributed by atoms with Crippen LogP contribution in [0.25, 0.3) is 0 Å². The summed E-state index contributed by atoms with van der Waals surface area (Å²) in [6, 6.07) is 4.02. The molecule has 2 rings (SSSR count). The average Bonchev–Trinajstić information content (AvgIpc) is 2.81. The smallest absolute Gasteiger partial charge is 0.407 e. The summed E-state index contributed by atoms with van der Waals surface area (Å²) >= 11 is 0. The molecule has 9 nitrogen and oxygen atoms in total. The SMILES string of the molecule is COCOc1ccc(OC)cc1C(=O)N[C@@H]1CN(C(=O)O)CCC[C@H]1O. The standard InChI is InChI=1S/C17H24N2O7/c1-24-10-26-15-6-5-11(25-2)8-12(15)16(21)18-13-9-19(17(22)23)7-3-4-14(13)20/h5-6,8,13-14,20H,3-4,7,9-10H2,1-2H3,(H,18,21)(H,22,23)/t13-,14-/m1/s1. The molecule has 0 spiro atoms. The van der Waals surface area contributed by atoms with Gasteiger partial charge in [-0.2, -0.15) is 0 Å². The molecule has 1 aliphatic heterocycles. The Labute approximate surface area is 151 Å². The second kappa shape index (κ2) is 9.25. The number of benzene rings is 1. The van der Waals surface area contributed by atoms with Crippen LogP contribution in [0, 0.1) is 0 Å². The van der Waals surface area contributed by atoms with Gasteiger partial charge in [-0.05, 0) is 31.0 Å². The highest BCUT2D eigenvalue weighted by molar-refractivity contribution is 5.97. The Morgan fingerprint density at radius 1 is 1.35 bits per heavy atom. The number of nitrogens with one attached hydrogen (secondary N) is 1. The molecule has 0 unspecified atom stereocenters.